The molecule has 8 nitrogen and oxygen atoms in total. The van der Waals surface area contributed by atoms with Crippen molar-refractivity contribution in [3.63, 3.8) is 0 Å². The van der Waals surface area contributed by atoms with Gasteiger partial charge in [0.25, 0.3) is 0 Å². The van der Waals surface area contributed by atoms with Gasteiger partial charge in [0.15, 0.2) is 0 Å². The molecule has 0 aromatic rings. The Hall–Kier alpha value is -0.830. The molecule has 0 aromatic heterocycles. The lowest BCUT2D eigenvalue weighted by Gasteiger charge is -2.16. The molecule has 2 aliphatic heterocycles. The molecule has 0 saturated carbocycles. The van der Waals surface area contributed by atoms with Gasteiger partial charge < -0.3 is 16.0 Å². The summed E-state index contributed by atoms with van der Waals surface area (Å²) in [7, 11) is -4.43. The fraction of sp³-hybridized carbons (Fsp3) is 0.895. The van der Waals surface area contributed by atoms with E-state index < -0.39 is 14.0 Å². The Balaban J connectivity index is 1.39. The number of urea groups is 1. The van der Waals surface area contributed by atoms with E-state index in [1.807, 2.05) is 11.8 Å². The van der Waals surface area contributed by atoms with Gasteiger partial charge in [0.2, 0.25) is 5.91 Å². The summed E-state index contributed by atoms with van der Waals surface area (Å²) in [6.45, 7) is 3.88. The van der Waals surface area contributed by atoms with E-state index in [2.05, 4.69) is 25.0 Å². The molecule has 0 radical (unpaired) electrons. The van der Waals surface area contributed by atoms with Crippen molar-refractivity contribution in [2.24, 2.45) is 0 Å². The van der Waals surface area contributed by atoms with E-state index in [0.717, 1.165) is 44.3 Å². The van der Waals surface area contributed by atoms with Crippen LogP contribution < -0.4 is 16.0 Å². The molecule has 30 heavy (non-hydrogen) atoms. The summed E-state index contributed by atoms with van der Waals surface area (Å²) >= 11 is 1.89. The first-order valence-electron chi connectivity index (χ1n) is 10.8. The summed E-state index contributed by atoms with van der Waals surface area (Å²) < 4.78 is 34.0. The second-order valence-electron chi connectivity index (χ2n) is 8.05. The van der Waals surface area contributed by atoms with E-state index in [9.17, 15) is 18.4 Å². The van der Waals surface area contributed by atoms with Gasteiger partial charge in [0, 0.05) is 24.0 Å². The van der Waals surface area contributed by atoms with Crippen LogP contribution in [0.2, 0.25) is 0 Å². The third kappa shape index (κ3) is 9.54. The van der Waals surface area contributed by atoms with Gasteiger partial charge in [-0.2, -0.15) is 11.8 Å². The van der Waals surface area contributed by atoms with E-state index in [4.69, 9.17) is 0 Å². The first kappa shape index (κ1) is 25.4. The molecule has 0 aromatic carbocycles. The summed E-state index contributed by atoms with van der Waals surface area (Å²) in [6, 6.07) is 0.406. The Morgan fingerprint density at radius 1 is 1.23 bits per heavy atom. The molecule has 4 atom stereocenters. The zero-order chi connectivity index (χ0) is 22.0. The second-order valence-corrected chi connectivity index (χ2v) is 10.7. The predicted octanol–water partition coefficient (Wildman–Crippen LogP) is 3.91. The van der Waals surface area contributed by atoms with Gasteiger partial charge in [-0.15, -0.1) is 4.20 Å². The molecule has 174 valence electrons. The van der Waals surface area contributed by atoms with Crippen LogP contribution in [-0.2, 0) is 18.4 Å². The standard InChI is InChI=1S/C19H35FN3O5PS/c1-14(2)28-29(20,26)27-12-8-4-3-7-11-21-17(24)10-6-5-9-16-18-15(13-30-16)22-19(25)23-18/h14-16,18H,3-13H2,1-2H3,(H,21,24)(H2,22,23,25)/t15-,16+,18+,29+/m1/s1. The predicted molar refractivity (Wildman–Crippen MR) is 116 cm³/mol. The van der Waals surface area contributed by atoms with Crippen LogP contribution >= 0.6 is 19.7 Å². The van der Waals surface area contributed by atoms with Crippen LogP contribution in [0.15, 0.2) is 0 Å². The van der Waals surface area contributed by atoms with E-state index >= 15 is 0 Å². The van der Waals surface area contributed by atoms with Crippen LogP contribution in [0, 0.1) is 0 Å². The third-order valence-electron chi connectivity index (χ3n) is 5.06. The normalized spacial score (nSPS) is 24.9. The molecular formula is C19H35FN3O5PS. The minimum atomic E-state index is -4.43. The number of halogens is 1. The van der Waals surface area contributed by atoms with Crippen molar-refractivity contribution in [1.29, 1.82) is 0 Å². The Labute approximate surface area is 182 Å². The quantitative estimate of drug-likeness (QED) is 0.192. The minimum absolute atomic E-state index is 0.0630. The number of unbranched alkanes of at least 4 members (excludes halogenated alkanes) is 4. The fourth-order valence-corrected chi connectivity index (χ4v) is 6.08. The highest BCUT2D eigenvalue weighted by Gasteiger charge is 2.42. The summed E-state index contributed by atoms with van der Waals surface area (Å²) in [5.74, 6) is 1.02. The van der Waals surface area contributed by atoms with Gasteiger partial charge >= 0.3 is 13.9 Å². The Morgan fingerprint density at radius 2 is 2.00 bits per heavy atom. The maximum absolute atomic E-state index is 13.4. The number of thioether (sulfide) groups is 1. The molecule has 0 bridgehead atoms. The number of amides is 3. The minimum Gasteiger partial charge on any atom is -0.356 e. The van der Waals surface area contributed by atoms with Gasteiger partial charge in [0.05, 0.1) is 24.8 Å². The number of carbonyl (C=O) groups excluding carboxylic acids is 2. The Kier molecular flexibility index (Phi) is 10.9. The van der Waals surface area contributed by atoms with Crippen molar-refractivity contribution < 1.29 is 27.4 Å². The molecule has 0 aliphatic carbocycles. The van der Waals surface area contributed by atoms with Gasteiger partial charge in [-0.05, 0) is 39.5 Å². The molecule has 11 heteroatoms. The van der Waals surface area contributed by atoms with E-state index in [1.165, 1.54) is 0 Å². The zero-order valence-electron chi connectivity index (χ0n) is 17.9. The fourth-order valence-electron chi connectivity index (χ4n) is 3.63. The molecule has 2 saturated heterocycles. The summed E-state index contributed by atoms with van der Waals surface area (Å²) in [6.07, 6.45) is 6.00. The van der Waals surface area contributed by atoms with Gasteiger partial charge in [-0.25, -0.2) is 9.36 Å². The molecule has 3 amide bonds. The SMILES string of the molecule is CC(C)O[P@](=O)(F)OCCCCCCNC(=O)CCCC[C@@H]1SC[C@H]2NC(=O)N[C@H]12. The molecule has 0 spiro atoms. The van der Waals surface area contributed by atoms with Gasteiger partial charge in [-0.1, -0.05) is 19.3 Å². The average Bonchev–Trinajstić information content (AvgIpc) is 3.19. The highest BCUT2D eigenvalue weighted by molar-refractivity contribution is 8.00. The highest BCUT2D eigenvalue weighted by atomic mass is 32.2. The molecule has 3 N–H and O–H groups in total. The van der Waals surface area contributed by atoms with Gasteiger partial charge in [0.1, 0.15) is 0 Å². The monoisotopic (exact) mass is 467 g/mol. The number of hydrogen-bond acceptors (Lipinski definition) is 6. The molecule has 2 aliphatic rings. The maximum Gasteiger partial charge on any atom is 0.513 e. The Morgan fingerprint density at radius 3 is 2.77 bits per heavy atom. The van der Waals surface area contributed by atoms with Crippen molar-refractivity contribution in [3.8, 4) is 0 Å². The smallest absolute Gasteiger partial charge is 0.356 e. The first-order valence-corrected chi connectivity index (χ1v) is 13.3. The summed E-state index contributed by atoms with van der Waals surface area (Å²) in [5.41, 5.74) is 0. The van der Waals surface area contributed by atoms with E-state index in [0.29, 0.717) is 24.6 Å². The number of fused-ring (bicyclic) bond motifs is 1. The Bertz CT molecular complexity index is 613. The number of rotatable bonds is 15. The van der Waals surface area contributed by atoms with Crippen LogP contribution in [0.1, 0.15) is 65.2 Å². The maximum atomic E-state index is 13.4. The molecule has 0 unspecified atom stereocenters. The topological polar surface area (TPSA) is 106 Å². The van der Waals surface area contributed by atoms with Crippen molar-refractivity contribution in [2.75, 3.05) is 18.9 Å². The van der Waals surface area contributed by atoms with Crippen LogP contribution in [0.4, 0.5) is 8.99 Å². The zero-order valence-corrected chi connectivity index (χ0v) is 19.6. The summed E-state index contributed by atoms with van der Waals surface area (Å²) in [5, 5.41) is 9.28. The van der Waals surface area contributed by atoms with Crippen LogP contribution in [0.25, 0.3) is 0 Å². The first-order chi connectivity index (χ1) is 14.3. The van der Waals surface area contributed by atoms with Crippen molar-refractivity contribution in [1.82, 2.24) is 16.0 Å². The highest BCUT2D eigenvalue weighted by Crippen LogP contribution is 2.51. The van der Waals surface area contributed by atoms with E-state index in [1.54, 1.807) is 13.8 Å². The van der Waals surface area contributed by atoms with Crippen molar-refractivity contribution in [3.05, 3.63) is 0 Å². The lowest BCUT2D eigenvalue weighted by Crippen LogP contribution is -2.36. The second kappa shape index (κ2) is 12.9. The number of carbonyl (C=O) groups is 2. The third-order valence-corrected chi connectivity index (χ3v) is 7.73. The largest absolute Gasteiger partial charge is 0.513 e. The number of hydrogen-bond donors (Lipinski definition) is 3. The van der Waals surface area contributed by atoms with E-state index in [-0.39, 0.29) is 30.6 Å². The number of nitrogens with one attached hydrogen (secondary N) is 3. The lowest BCUT2D eigenvalue weighted by molar-refractivity contribution is -0.121. The van der Waals surface area contributed by atoms with Crippen molar-refractivity contribution >= 4 is 31.6 Å². The van der Waals surface area contributed by atoms with Crippen molar-refractivity contribution in [2.45, 2.75) is 88.7 Å². The van der Waals surface area contributed by atoms with Crippen LogP contribution in [0.3, 0.4) is 0 Å². The van der Waals surface area contributed by atoms with Crippen LogP contribution in [0.5, 0.6) is 0 Å². The molecule has 2 heterocycles. The molecular weight excluding hydrogens is 432 g/mol. The average molecular weight is 468 g/mol. The van der Waals surface area contributed by atoms with Crippen LogP contribution in [-0.4, -0.2) is 54.3 Å². The lowest BCUT2D eigenvalue weighted by atomic mass is 10.0. The molecule has 2 fully saturated rings. The van der Waals surface area contributed by atoms with Gasteiger partial charge in [-0.3, -0.25) is 13.8 Å². The molecule has 2 rings (SSSR count). The summed E-state index contributed by atoms with van der Waals surface area (Å²) in [4.78, 5) is 23.3.